The van der Waals surface area contributed by atoms with Crippen molar-refractivity contribution in [2.45, 2.75) is 45.1 Å². The summed E-state index contributed by atoms with van der Waals surface area (Å²) in [6, 6.07) is 2.06. The number of aryl methyl sites for hydroxylation is 1. The van der Waals surface area contributed by atoms with E-state index in [4.69, 9.17) is 5.73 Å². The SMILES string of the molecule is Cc1cc([N+](=O)[O-])cc(S(=O)(=O)NC(CN)CC(C)C)c1C. The van der Waals surface area contributed by atoms with Gasteiger partial charge in [-0.25, -0.2) is 13.1 Å². The van der Waals surface area contributed by atoms with E-state index in [1.165, 1.54) is 6.07 Å². The van der Waals surface area contributed by atoms with Crippen molar-refractivity contribution in [3.63, 3.8) is 0 Å². The normalized spacial score (nSPS) is 13.4. The van der Waals surface area contributed by atoms with Crippen LogP contribution >= 0.6 is 0 Å². The van der Waals surface area contributed by atoms with Gasteiger partial charge in [0.2, 0.25) is 10.0 Å². The van der Waals surface area contributed by atoms with Crippen LogP contribution < -0.4 is 10.5 Å². The Hall–Kier alpha value is -1.51. The minimum absolute atomic E-state index is 0.0681. The zero-order valence-corrected chi connectivity index (χ0v) is 14.1. The lowest BCUT2D eigenvalue weighted by Gasteiger charge is -2.20. The van der Waals surface area contributed by atoms with Gasteiger partial charge in [0, 0.05) is 24.7 Å². The Morgan fingerprint density at radius 3 is 2.36 bits per heavy atom. The van der Waals surface area contributed by atoms with Gasteiger partial charge in [0.15, 0.2) is 0 Å². The second kappa shape index (κ2) is 7.17. The van der Waals surface area contributed by atoms with Crippen molar-refractivity contribution >= 4 is 15.7 Å². The molecule has 0 radical (unpaired) electrons. The number of benzene rings is 1. The van der Waals surface area contributed by atoms with Crippen LogP contribution in [0.3, 0.4) is 0 Å². The molecule has 8 heteroatoms. The van der Waals surface area contributed by atoms with Crippen molar-refractivity contribution in [2.75, 3.05) is 6.54 Å². The van der Waals surface area contributed by atoms with E-state index < -0.39 is 21.0 Å². The summed E-state index contributed by atoms with van der Waals surface area (Å²) in [5, 5.41) is 10.9. The van der Waals surface area contributed by atoms with E-state index >= 15 is 0 Å². The number of hydrogen-bond acceptors (Lipinski definition) is 5. The fraction of sp³-hybridized carbons (Fsp3) is 0.571. The predicted octanol–water partition coefficient (Wildman–Crippen LogP) is 1.86. The molecule has 0 amide bonds. The fourth-order valence-corrected chi connectivity index (χ4v) is 3.84. The van der Waals surface area contributed by atoms with Crippen LogP contribution in [0.15, 0.2) is 17.0 Å². The van der Waals surface area contributed by atoms with Crippen LogP contribution in [0.25, 0.3) is 0 Å². The molecule has 0 bridgehead atoms. The van der Waals surface area contributed by atoms with Crippen LogP contribution in [-0.4, -0.2) is 25.9 Å². The first-order valence-corrected chi connectivity index (χ1v) is 8.54. The van der Waals surface area contributed by atoms with Crippen molar-refractivity contribution in [2.24, 2.45) is 11.7 Å². The molecule has 0 aromatic heterocycles. The van der Waals surface area contributed by atoms with Gasteiger partial charge in [0.05, 0.1) is 9.82 Å². The monoisotopic (exact) mass is 329 g/mol. The van der Waals surface area contributed by atoms with E-state index in [2.05, 4.69) is 4.72 Å². The molecule has 124 valence electrons. The molecule has 1 rings (SSSR count). The van der Waals surface area contributed by atoms with Gasteiger partial charge in [-0.1, -0.05) is 13.8 Å². The van der Waals surface area contributed by atoms with Gasteiger partial charge in [-0.2, -0.15) is 0 Å². The molecule has 0 fully saturated rings. The highest BCUT2D eigenvalue weighted by molar-refractivity contribution is 7.89. The third-order valence-corrected chi connectivity index (χ3v) is 5.11. The summed E-state index contributed by atoms with van der Waals surface area (Å²) in [6.45, 7) is 7.40. The van der Waals surface area contributed by atoms with Gasteiger partial charge in [-0.05, 0) is 37.3 Å². The van der Waals surface area contributed by atoms with E-state index in [1.807, 2.05) is 13.8 Å². The molecule has 0 heterocycles. The van der Waals surface area contributed by atoms with Crippen molar-refractivity contribution in [3.05, 3.63) is 33.4 Å². The number of nitrogens with two attached hydrogens (primary N) is 1. The second-order valence-corrected chi connectivity index (χ2v) is 7.51. The van der Waals surface area contributed by atoms with Gasteiger partial charge in [-0.15, -0.1) is 0 Å². The van der Waals surface area contributed by atoms with E-state index in [-0.39, 0.29) is 23.0 Å². The van der Waals surface area contributed by atoms with E-state index in [0.717, 1.165) is 6.07 Å². The fourth-order valence-electron chi connectivity index (χ4n) is 2.24. The average Bonchev–Trinajstić information content (AvgIpc) is 2.39. The van der Waals surface area contributed by atoms with Crippen molar-refractivity contribution < 1.29 is 13.3 Å². The van der Waals surface area contributed by atoms with E-state index in [9.17, 15) is 18.5 Å². The summed E-state index contributed by atoms with van der Waals surface area (Å²) in [6.07, 6.45) is 0.600. The van der Waals surface area contributed by atoms with Gasteiger partial charge >= 0.3 is 0 Å². The zero-order chi connectivity index (χ0) is 17.1. The molecule has 0 aliphatic rings. The van der Waals surface area contributed by atoms with Crippen molar-refractivity contribution in [1.29, 1.82) is 0 Å². The molecule has 1 aromatic rings. The average molecular weight is 329 g/mol. The second-order valence-electron chi connectivity index (χ2n) is 5.83. The molecule has 0 aliphatic heterocycles. The Labute approximate surface area is 131 Å². The number of sulfonamides is 1. The Kier molecular flexibility index (Phi) is 6.04. The highest BCUT2D eigenvalue weighted by Gasteiger charge is 2.25. The molecule has 1 atom stereocenters. The Morgan fingerprint density at radius 2 is 1.91 bits per heavy atom. The molecule has 0 saturated carbocycles. The summed E-state index contributed by atoms with van der Waals surface area (Å²) in [4.78, 5) is 10.3. The van der Waals surface area contributed by atoms with Crippen LogP contribution in [-0.2, 0) is 10.0 Å². The van der Waals surface area contributed by atoms with Gasteiger partial charge < -0.3 is 5.73 Å². The number of hydrogen-bond donors (Lipinski definition) is 2. The molecular formula is C14H23N3O4S. The van der Waals surface area contributed by atoms with Crippen LogP contribution in [0.4, 0.5) is 5.69 Å². The maximum atomic E-state index is 12.5. The number of non-ortho nitro benzene ring substituents is 1. The van der Waals surface area contributed by atoms with Gasteiger partial charge in [0.25, 0.3) is 5.69 Å². The third kappa shape index (κ3) is 4.49. The van der Waals surface area contributed by atoms with Crippen LogP contribution in [0, 0.1) is 29.9 Å². The van der Waals surface area contributed by atoms with Crippen LogP contribution in [0.2, 0.25) is 0 Å². The highest BCUT2D eigenvalue weighted by Crippen LogP contribution is 2.25. The number of nitro groups is 1. The van der Waals surface area contributed by atoms with E-state index in [0.29, 0.717) is 17.5 Å². The third-order valence-electron chi connectivity index (χ3n) is 3.47. The summed E-state index contributed by atoms with van der Waals surface area (Å²) in [7, 11) is -3.86. The molecule has 0 aliphatic carbocycles. The molecule has 1 unspecified atom stereocenters. The maximum Gasteiger partial charge on any atom is 0.271 e. The number of rotatable bonds is 7. The standard InChI is InChI=1S/C14H23N3O4S/c1-9(2)5-12(8-15)16-22(20,21)14-7-13(17(18)19)6-10(3)11(14)4/h6-7,9,12,16H,5,8,15H2,1-4H3. The van der Waals surface area contributed by atoms with Gasteiger partial charge in [-0.3, -0.25) is 10.1 Å². The molecule has 22 heavy (non-hydrogen) atoms. The van der Waals surface area contributed by atoms with Crippen LogP contribution in [0.5, 0.6) is 0 Å². The number of nitro benzene ring substituents is 1. The summed E-state index contributed by atoms with van der Waals surface area (Å²) >= 11 is 0. The maximum absolute atomic E-state index is 12.5. The molecule has 7 nitrogen and oxygen atoms in total. The topological polar surface area (TPSA) is 115 Å². The molecule has 0 saturated heterocycles. The zero-order valence-electron chi connectivity index (χ0n) is 13.3. The summed E-state index contributed by atoms with van der Waals surface area (Å²) < 4.78 is 27.6. The Morgan fingerprint density at radius 1 is 1.32 bits per heavy atom. The van der Waals surface area contributed by atoms with E-state index in [1.54, 1.807) is 13.8 Å². The first kappa shape index (κ1) is 18.5. The largest absolute Gasteiger partial charge is 0.329 e. The summed E-state index contributed by atoms with van der Waals surface area (Å²) in [5.74, 6) is 0.282. The lowest BCUT2D eigenvalue weighted by atomic mass is 10.1. The molecule has 3 N–H and O–H groups in total. The van der Waals surface area contributed by atoms with Gasteiger partial charge in [0.1, 0.15) is 0 Å². The summed E-state index contributed by atoms with van der Waals surface area (Å²) in [5.41, 5.74) is 6.43. The minimum atomic E-state index is -3.86. The lowest BCUT2D eigenvalue weighted by molar-refractivity contribution is -0.385. The quantitative estimate of drug-likeness (QED) is 0.585. The smallest absolute Gasteiger partial charge is 0.271 e. The lowest BCUT2D eigenvalue weighted by Crippen LogP contribution is -2.41. The molecule has 0 spiro atoms. The first-order valence-electron chi connectivity index (χ1n) is 7.06. The number of nitrogens with one attached hydrogen (secondary N) is 1. The molecule has 1 aromatic carbocycles. The Bertz CT molecular complexity index is 656. The first-order chi connectivity index (χ1) is 10.1. The molecular weight excluding hydrogens is 306 g/mol. The Balaban J connectivity index is 3.24. The van der Waals surface area contributed by atoms with Crippen molar-refractivity contribution in [1.82, 2.24) is 4.72 Å². The van der Waals surface area contributed by atoms with Crippen molar-refractivity contribution in [3.8, 4) is 0 Å². The minimum Gasteiger partial charge on any atom is -0.329 e. The highest BCUT2D eigenvalue weighted by atomic mass is 32.2. The predicted molar refractivity (Wildman–Crippen MR) is 85.2 cm³/mol. The van der Waals surface area contributed by atoms with Crippen LogP contribution in [0.1, 0.15) is 31.4 Å². The number of nitrogens with zero attached hydrogens (tertiary/aromatic N) is 1.